The molecule has 3 heterocycles. The second kappa shape index (κ2) is 6.10. The van der Waals surface area contributed by atoms with Crippen LogP contribution in [0.4, 0.5) is 0 Å². The third-order valence-electron chi connectivity index (χ3n) is 2.65. The highest BCUT2D eigenvalue weighted by molar-refractivity contribution is 7.13. The summed E-state index contributed by atoms with van der Waals surface area (Å²) in [7, 11) is 0. The maximum Gasteiger partial charge on any atom is 0.291 e. The SMILES string of the molecule is O=C(NN=Cc1ccccn1)c1cc(-c2cccs2)[nH]n1. The zero-order chi connectivity index (χ0) is 14.5. The van der Waals surface area contributed by atoms with Crippen molar-refractivity contribution in [3.05, 3.63) is 59.4 Å². The van der Waals surface area contributed by atoms with Crippen LogP contribution in [-0.2, 0) is 0 Å². The summed E-state index contributed by atoms with van der Waals surface area (Å²) in [6.07, 6.45) is 3.13. The fourth-order valence-electron chi connectivity index (χ4n) is 1.66. The van der Waals surface area contributed by atoms with Crippen molar-refractivity contribution in [3.8, 4) is 10.6 Å². The second-order valence-corrected chi connectivity index (χ2v) is 5.05. The molecule has 2 N–H and O–H groups in total. The van der Waals surface area contributed by atoms with E-state index in [4.69, 9.17) is 0 Å². The van der Waals surface area contributed by atoms with Gasteiger partial charge in [0.2, 0.25) is 0 Å². The molecule has 0 unspecified atom stereocenters. The van der Waals surface area contributed by atoms with Crippen molar-refractivity contribution in [3.63, 3.8) is 0 Å². The maximum absolute atomic E-state index is 11.9. The smallest absolute Gasteiger partial charge is 0.276 e. The summed E-state index contributed by atoms with van der Waals surface area (Å²) in [5, 5.41) is 12.6. The molecule has 3 aromatic heterocycles. The predicted octanol–water partition coefficient (Wildman–Crippen LogP) is 2.30. The first-order valence-corrected chi connectivity index (χ1v) is 7.04. The third kappa shape index (κ3) is 3.21. The molecule has 0 fully saturated rings. The summed E-state index contributed by atoms with van der Waals surface area (Å²) < 4.78 is 0. The number of hydrogen-bond donors (Lipinski definition) is 2. The molecule has 3 aromatic rings. The Labute approximate surface area is 124 Å². The maximum atomic E-state index is 11.9. The number of nitrogens with one attached hydrogen (secondary N) is 2. The van der Waals surface area contributed by atoms with Gasteiger partial charge in [-0.05, 0) is 29.6 Å². The van der Waals surface area contributed by atoms with Gasteiger partial charge in [-0.15, -0.1) is 11.3 Å². The van der Waals surface area contributed by atoms with Crippen LogP contribution in [0.2, 0.25) is 0 Å². The molecule has 0 bridgehead atoms. The van der Waals surface area contributed by atoms with Crippen molar-refractivity contribution >= 4 is 23.5 Å². The van der Waals surface area contributed by atoms with E-state index >= 15 is 0 Å². The van der Waals surface area contributed by atoms with Crippen molar-refractivity contribution in [1.82, 2.24) is 20.6 Å². The number of hydrazone groups is 1. The van der Waals surface area contributed by atoms with Crippen molar-refractivity contribution in [2.45, 2.75) is 0 Å². The van der Waals surface area contributed by atoms with E-state index in [1.807, 2.05) is 29.6 Å². The lowest BCUT2D eigenvalue weighted by molar-refractivity contribution is 0.0950. The van der Waals surface area contributed by atoms with Crippen molar-refractivity contribution in [2.24, 2.45) is 5.10 Å². The molecule has 1 amide bonds. The van der Waals surface area contributed by atoms with Gasteiger partial charge in [-0.2, -0.15) is 10.2 Å². The van der Waals surface area contributed by atoms with Crippen LogP contribution in [0.25, 0.3) is 10.6 Å². The first-order valence-electron chi connectivity index (χ1n) is 6.16. The summed E-state index contributed by atoms with van der Waals surface area (Å²) in [6.45, 7) is 0. The van der Waals surface area contributed by atoms with E-state index in [-0.39, 0.29) is 11.6 Å². The van der Waals surface area contributed by atoms with Gasteiger partial charge < -0.3 is 0 Å². The average Bonchev–Trinajstić information content (AvgIpc) is 3.19. The van der Waals surface area contributed by atoms with Gasteiger partial charge in [0, 0.05) is 6.20 Å². The predicted molar refractivity (Wildman–Crippen MR) is 81.2 cm³/mol. The van der Waals surface area contributed by atoms with Gasteiger partial charge >= 0.3 is 0 Å². The number of aromatic amines is 1. The number of H-pyrrole nitrogens is 1. The molecule has 0 saturated heterocycles. The molecule has 7 heteroatoms. The standard InChI is InChI=1S/C14H11N5OS/c20-14(19-16-9-10-4-1-2-6-15-10)12-8-11(17-18-12)13-5-3-7-21-13/h1-9H,(H,17,18)(H,19,20). The quantitative estimate of drug-likeness (QED) is 0.572. The lowest BCUT2D eigenvalue weighted by atomic mass is 10.3. The summed E-state index contributed by atoms with van der Waals surface area (Å²) in [6, 6.07) is 11.0. The van der Waals surface area contributed by atoms with Gasteiger partial charge in [0.1, 0.15) is 0 Å². The lowest BCUT2D eigenvalue weighted by Gasteiger charge is -1.94. The Morgan fingerprint density at radius 2 is 2.29 bits per heavy atom. The van der Waals surface area contributed by atoms with Crippen LogP contribution in [0.5, 0.6) is 0 Å². The molecule has 0 saturated carbocycles. The number of hydrogen-bond acceptors (Lipinski definition) is 5. The Morgan fingerprint density at radius 3 is 3.05 bits per heavy atom. The molecule has 0 radical (unpaired) electrons. The Bertz CT molecular complexity index is 749. The Hall–Kier alpha value is -2.80. The van der Waals surface area contributed by atoms with Gasteiger partial charge in [-0.3, -0.25) is 14.9 Å². The van der Waals surface area contributed by atoms with Crippen molar-refractivity contribution < 1.29 is 4.79 Å². The number of aromatic nitrogens is 3. The lowest BCUT2D eigenvalue weighted by Crippen LogP contribution is -2.18. The van der Waals surface area contributed by atoms with Gasteiger partial charge in [-0.1, -0.05) is 12.1 Å². The summed E-state index contributed by atoms with van der Waals surface area (Å²) >= 11 is 1.58. The highest BCUT2D eigenvalue weighted by Crippen LogP contribution is 2.22. The summed E-state index contributed by atoms with van der Waals surface area (Å²) in [4.78, 5) is 17.0. The van der Waals surface area contributed by atoms with E-state index in [1.54, 1.807) is 29.7 Å². The van der Waals surface area contributed by atoms with Gasteiger partial charge in [0.25, 0.3) is 5.91 Å². The van der Waals surface area contributed by atoms with E-state index in [0.717, 1.165) is 10.6 Å². The number of carbonyl (C=O) groups excluding carboxylic acids is 1. The van der Waals surface area contributed by atoms with Gasteiger partial charge in [0.15, 0.2) is 5.69 Å². The fourth-order valence-corrected chi connectivity index (χ4v) is 2.36. The second-order valence-electron chi connectivity index (χ2n) is 4.10. The number of pyridine rings is 1. The largest absolute Gasteiger partial charge is 0.291 e. The van der Waals surface area contributed by atoms with Crippen LogP contribution in [-0.4, -0.2) is 27.3 Å². The molecular weight excluding hydrogens is 286 g/mol. The van der Waals surface area contributed by atoms with Crippen LogP contribution >= 0.6 is 11.3 Å². The first kappa shape index (κ1) is 13.2. The zero-order valence-corrected chi connectivity index (χ0v) is 11.7. The average molecular weight is 297 g/mol. The van der Waals surface area contributed by atoms with E-state index < -0.39 is 0 Å². The first-order chi connectivity index (χ1) is 10.3. The molecule has 21 heavy (non-hydrogen) atoms. The van der Waals surface area contributed by atoms with E-state index in [1.165, 1.54) is 6.21 Å². The monoisotopic (exact) mass is 297 g/mol. The van der Waals surface area contributed by atoms with Crippen molar-refractivity contribution in [1.29, 1.82) is 0 Å². The van der Waals surface area contributed by atoms with Crippen LogP contribution in [0, 0.1) is 0 Å². The molecule has 0 aliphatic rings. The van der Waals surface area contributed by atoms with E-state index in [2.05, 4.69) is 25.7 Å². The number of amides is 1. The Kier molecular flexibility index (Phi) is 3.83. The molecule has 6 nitrogen and oxygen atoms in total. The molecule has 104 valence electrons. The number of rotatable bonds is 4. The summed E-state index contributed by atoms with van der Waals surface area (Å²) in [5.74, 6) is -0.374. The zero-order valence-electron chi connectivity index (χ0n) is 10.9. The molecule has 3 rings (SSSR count). The number of nitrogens with zero attached hydrogens (tertiary/aromatic N) is 3. The minimum atomic E-state index is -0.374. The van der Waals surface area contributed by atoms with Gasteiger partial charge in [-0.25, -0.2) is 5.43 Å². The normalized spacial score (nSPS) is 10.9. The van der Waals surface area contributed by atoms with Crippen LogP contribution in [0.3, 0.4) is 0 Å². The highest BCUT2D eigenvalue weighted by atomic mass is 32.1. The highest BCUT2D eigenvalue weighted by Gasteiger charge is 2.10. The van der Waals surface area contributed by atoms with Crippen LogP contribution in [0.15, 0.2) is 53.1 Å². The molecular formula is C14H11N5OS. The molecule has 0 spiro atoms. The molecule has 0 aromatic carbocycles. The van der Waals surface area contributed by atoms with Gasteiger partial charge in [0.05, 0.1) is 22.5 Å². The third-order valence-corrected chi connectivity index (χ3v) is 3.55. The number of thiophene rings is 1. The topological polar surface area (TPSA) is 83.0 Å². The van der Waals surface area contributed by atoms with Crippen molar-refractivity contribution in [2.75, 3.05) is 0 Å². The van der Waals surface area contributed by atoms with Crippen LogP contribution in [0.1, 0.15) is 16.2 Å². The Morgan fingerprint density at radius 1 is 1.33 bits per heavy atom. The molecule has 0 aliphatic carbocycles. The summed E-state index contributed by atoms with van der Waals surface area (Å²) in [5.41, 5.74) is 4.18. The number of carbonyl (C=O) groups is 1. The molecule has 0 aliphatic heterocycles. The van der Waals surface area contributed by atoms with Crippen LogP contribution < -0.4 is 5.43 Å². The van der Waals surface area contributed by atoms with E-state index in [9.17, 15) is 4.79 Å². The minimum Gasteiger partial charge on any atom is -0.276 e. The fraction of sp³-hybridized carbons (Fsp3) is 0. The molecule has 0 atom stereocenters. The Balaban J connectivity index is 1.65. The van der Waals surface area contributed by atoms with E-state index in [0.29, 0.717) is 5.69 Å². The minimum absolute atomic E-state index is 0.288.